The Balaban J connectivity index is 0.000000173. The van der Waals surface area contributed by atoms with Crippen molar-refractivity contribution >= 4 is 27.9 Å². The summed E-state index contributed by atoms with van der Waals surface area (Å²) in [5.74, 6) is -1.58. The highest BCUT2D eigenvalue weighted by molar-refractivity contribution is 5.90. The number of aromatic nitrogens is 2. The molecular weight excluding hydrogens is 536 g/mol. The zero-order valence-electron chi connectivity index (χ0n) is 25.7. The van der Waals surface area contributed by atoms with Gasteiger partial charge in [-0.1, -0.05) is 53.6 Å². The van der Waals surface area contributed by atoms with E-state index in [2.05, 4.69) is 93.7 Å². The summed E-state index contributed by atoms with van der Waals surface area (Å²) in [5, 5.41) is 9.96. The number of aryl methyl sites for hydroxylation is 6. The van der Waals surface area contributed by atoms with E-state index in [1.165, 1.54) is 44.8 Å². The summed E-state index contributed by atoms with van der Waals surface area (Å²) in [7, 11) is 0. The van der Waals surface area contributed by atoms with Crippen molar-refractivity contribution in [2.45, 2.75) is 54.4 Å². The number of carboxylic acid groups (broad SMARTS) is 1. The number of rotatable bonds is 4. The van der Waals surface area contributed by atoms with Crippen molar-refractivity contribution in [1.82, 2.24) is 4.57 Å². The molecule has 0 fully saturated rings. The van der Waals surface area contributed by atoms with Gasteiger partial charge in [0.2, 0.25) is 5.43 Å². The minimum Gasteiger partial charge on any atom is -0.481 e. The van der Waals surface area contributed by atoms with Gasteiger partial charge in [0.25, 0.3) is 6.33 Å². The third-order valence-electron chi connectivity index (χ3n) is 7.89. The lowest BCUT2D eigenvalue weighted by atomic mass is 9.99. The molecule has 43 heavy (non-hydrogen) atoms. The van der Waals surface area contributed by atoms with E-state index in [1.807, 2.05) is 0 Å². The monoisotopic (exact) mass is 573 g/mol. The predicted molar refractivity (Wildman–Crippen MR) is 172 cm³/mol. The van der Waals surface area contributed by atoms with Crippen LogP contribution < -0.4 is 10.00 Å². The fourth-order valence-corrected chi connectivity index (χ4v) is 6.01. The Morgan fingerprint density at radius 1 is 0.791 bits per heavy atom. The van der Waals surface area contributed by atoms with Gasteiger partial charge in [0.05, 0.1) is 16.7 Å². The number of carboxylic acids is 1. The van der Waals surface area contributed by atoms with Crippen LogP contribution in [0.25, 0.3) is 33.3 Å². The summed E-state index contributed by atoms with van der Waals surface area (Å²) in [6, 6.07) is 20.9. The number of hydrogen-bond donors (Lipinski definition) is 1. The molecule has 0 saturated heterocycles. The first-order valence-electron chi connectivity index (χ1n) is 14.4. The Morgan fingerprint density at radius 3 is 2.00 bits per heavy atom. The van der Waals surface area contributed by atoms with Crippen LogP contribution in [0.5, 0.6) is 0 Å². The summed E-state index contributed by atoms with van der Waals surface area (Å²) >= 11 is 0. The summed E-state index contributed by atoms with van der Waals surface area (Å²) in [5.41, 5.74) is 11.9. The predicted octanol–water partition coefficient (Wildman–Crippen LogP) is 7.74. The Bertz CT molecular complexity index is 1950. The number of benzene rings is 4. The molecule has 6 aromatic rings. The van der Waals surface area contributed by atoms with E-state index in [-0.39, 0.29) is 5.43 Å². The molecular formula is C37H37N2O4+. The number of hydrogen-bond acceptors (Lipinski definition) is 3. The van der Waals surface area contributed by atoms with Gasteiger partial charge in [0.15, 0.2) is 0 Å². The third-order valence-corrected chi connectivity index (χ3v) is 7.89. The standard InChI is InChI=1S/C21H25N2.C16H12O4/c1-14-9-16(3)20(17(4)10-14)22-7-8-23(13-22)21-18(5)11-15(2)12-19(21)6;1-9(16(18)19)10-6-7-14-12(8-10)15(17)11-4-2-3-5-13(11)20-14/h7-13H,1-6H3;2-9H,1H3,(H,18,19)/q+1;. The first kappa shape index (κ1) is 29.5. The minimum atomic E-state index is -0.922. The fraction of sp³-hybridized carbons (Fsp3) is 0.216. The van der Waals surface area contributed by atoms with Crippen molar-refractivity contribution in [3.8, 4) is 11.4 Å². The Hall–Kier alpha value is -4.97. The molecule has 0 radical (unpaired) electrons. The highest BCUT2D eigenvalue weighted by atomic mass is 16.4. The maximum absolute atomic E-state index is 12.4. The molecule has 0 aliphatic heterocycles. The van der Waals surface area contributed by atoms with E-state index in [4.69, 9.17) is 9.52 Å². The zero-order chi connectivity index (χ0) is 31.0. The molecule has 0 amide bonds. The van der Waals surface area contributed by atoms with Crippen molar-refractivity contribution in [2.24, 2.45) is 0 Å². The molecule has 0 bridgehead atoms. The van der Waals surface area contributed by atoms with Crippen LogP contribution >= 0.6 is 0 Å². The van der Waals surface area contributed by atoms with E-state index >= 15 is 0 Å². The second-order valence-corrected chi connectivity index (χ2v) is 11.5. The van der Waals surface area contributed by atoms with Crippen LogP contribution in [0.4, 0.5) is 0 Å². The smallest absolute Gasteiger partial charge is 0.310 e. The highest BCUT2D eigenvalue weighted by Crippen LogP contribution is 2.24. The van der Waals surface area contributed by atoms with Gasteiger partial charge in [0.1, 0.15) is 34.9 Å². The third kappa shape index (κ3) is 5.86. The zero-order valence-corrected chi connectivity index (χ0v) is 25.7. The molecule has 0 aliphatic rings. The normalized spacial score (nSPS) is 11.8. The lowest BCUT2D eigenvalue weighted by Gasteiger charge is -2.08. The Labute approximate surface area is 251 Å². The number of aliphatic carboxylic acids is 1. The molecule has 1 N–H and O–H groups in total. The van der Waals surface area contributed by atoms with Gasteiger partial charge < -0.3 is 9.52 Å². The van der Waals surface area contributed by atoms with E-state index in [0.29, 0.717) is 27.5 Å². The maximum atomic E-state index is 12.4. The van der Waals surface area contributed by atoms with Gasteiger partial charge in [-0.15, -0.1) is 0 Å². The molecule has 0 spiro atoms. The lowest BCUT2D eigenvalue weighted by Crippen LogP contribution is -2.30. The number of nitrogens with zero attached hydrogens (tertiary/aromatic N) is 2. The van der Waals surface area contributed by atoms with Crippen LogP contribution in [0, 0.1) is 41.5 Å². The van der Waals surface area contributed by atoms with Gasteiger partial charge in [-0.25, -0.2) is 9.13 Å². The van der Waals surface area contributed by atoms with E-state index in [1.54, 1.807) is 49.4 Å². The average Bonchev–Trinajstić information content (AvgIpc) is 3.40. The van der Waals surface area contributed by atoms with Crippen molar-refractivity contribution in [2.75, 3.05) is 0 Å². The van der Waals surface area contributed by atoms with E-state index < -0.39 is 11.9 Å². The quantitative estimate of drug-likeness (QED) is 0.173. The molecule has 218 valence electrons. The number of fused-ring (bicyclic) bond motifs is 2. The van der Waals surface area contributed by atoms with Crippen molar-refractivity contribution < 1.29 is 18.9 Å². The van der Waals surface area contributed by atoms with Crippen LogP contribution in [0.3, 0.4) is 0 Å². The minimum absolute atomic E-state index is 0.138. The van der Waals surface area contributed by atoms with Gasteiger partial charge in [-0.05, 0) is 101 Å². The molecule has 1 atom stereocenters. The summed E-state index contributed by atoms with van der Waals surface area (Å²) in [6.45, 7) is 14.6. The molecule has 2 aromatic heterocycles. The van der Waals surface area contributed by atoms with Crippen molar-refractivity contribution in [1.29, 1.82) is 0 Å². The second kappa shape index (κ2) is 11.7. The molecule has 4 aromatic carbocycles. The van der Waals surface area contributed by atoms with E-state index in [9.17, 15) is 9.59 Å². The van der Waals surface area contributed by atoms with Crippen LogP contribution in [0.1, 0.15) is 51.8 Å². The van der Waals surface area contributed by atoms with Crippen LogP contribution in [0.2, 0.25) is 0 Å². The van der Waals surface area contributed by atoms with Crippen molar-refractivity contribution in [3.05, 3.63) is 135 Å². The van der Waals surface area contributed by atoms with Crippen molar-refractivity contribution in [3.63, 3.8) is 0 Å². The largest absolute Gasteiger partial charge is 0.481 e. The summed E-state index contributed by atoms with van der Waals surface area (Å²) in [4.78, 5) is 23.5. The molecule has 6 heteroatoms. The van der Waals surface area contributed by atoms with Gasteiger partial charge in [-0.3, -0.25) is 9.59 Å². The number of carbonyl (C=O) groups is 1. The van der Waals surface area contributed by atoms with Crippen LogP contribution in [-0.4, -0.2) is 15.6 Å². The van der Waals surface area contributed by atoms with Gasteiger partial charge in [-0.2, -0.15) is 0 Å². The second-order valence-electron chi connectivity index (χ2n) is 11.5. The first-order chi connectivity index (χ1) is 20.4. The lowest BCUT2D eigenvalue weighted by molar-refractivity contribution is -0.595. The highest BCUT2D eigenvalue weighted by Gasteiger charge is 2.18. The number of para-hydroxylation sites is 1. The van der Waals surface area contributed by atoms with Gasteiger partial charge >= 0.3 is 5.97 Å². The Kier molecular flexibility index (Phi) is 8.05. The summed E-state index contributed by atoms with van der Waals surface area (Å²) < 4.78 is 10.1. The first-order valence-corrected chi connectivity index (χ1v) is 14.4. The topological polar surface area (TPSA) is 76.3 Å². The molecule has 6 rings (SSSR count). The maximum Gasteiger partial charge on any atom is 0.310 e. The molecule has 2 heterocycles. The number of imidazole rings is 1. The molecule has 0 saturated carbocycles. The average molecular weight is 574 g/mol. The van der Waals surface area contributed by atoms with E-state index in [0.717, 1.165) is 0 Å². The van der Waals surface area contributed by atoms with Gasteiger partial charge in [0, 0.05) is 0 Å². The summed E-state index contributed by atoms with van der Waals surface area (Å²) in [6.07, 6.45) is 6.46. The van der Waals surface area contributed by atoms with Crippen LogP contribution in [0.15, 0.2) is 94.7 Å². The fourth-order valence-electron chi connectivity index (χ4n) is 6.01. The molecule has 0 aliphatic carbocycles. The van der Waals surface area contributed by atoms with Crippen LogP contribution in [-0.2, 0) is 4.79 Å². The SMILES string of the molecule is CC(C(=O)O)c1ccc2oc3ccccc3c(=O)c2c1.Cc1cc(C)c(-n2cc[n+](-c3c(C)cc(C)cc3C)c2)c(C)c1. The Morgan fingerprint density at radius 2 is 1.37 bits per heavy atom. The molecule has 1 unspecified atom stereocenters. The molecule has 6 nitrogen and oxygen atoms in total.